The Morgan fingerprint density at radius 1 is 1.48 bits per heavy atom. The van der Waals surface area contributed by atoms with Gasteiger partial charge in [0.05, 0.1) is 24.9 Å². The minimum atomic E-state index is 0.191. The monoisotopic (exact) mass is 341 g/mol. The second kappa shape index (κ2) is 6.64. The summed E-state index contributed by atoms with van der Waals surface area (Å²) in [6, 6.07) is 5.47. The molecule has 3 aliphatic rings. The van der Waals surface area contributed by atoms with Crippen molar-refractivity contribution < 1.29 is 14.3 Å². The summed E-state index contributed by atoms with van der Waals surface area (Å²) in [7, 11) is 0. The highest BCUT2D eigenvalue weighted by atomic mass is 16.5. The van der Waals surface area contributed by atoms with Crippen molar-refractivity contribution in [3.63, 3.8) is 0 Å². The molecule has 0 aromatic carbocycles. The predicted octanol–water partition coefficient (Wildman–Crippen LogP) is 1.85. The molecule has 3 heterocycles. The summed E-state index contributed by atoms with van der Waals surface area (Å²) in [4.78, 5) is 18.6. The second-order valence-electron chi connectivity index (χ2n) is 7.49. The summed E-state index contributed by atoms with van der Waals surface area (Å²) in [5.41, 5.74) is 0.528. The van der Waals surface area contributed by atoms with Crippen LogP contribution in [-0.2, 0) is 9.53 Å². The lowest BCUT2D eigenvalue weighted by Crippen LogP contribution is -2.32. The van der Waals surface area contributed by atoms with Gasteiger partial charge in [-0.2, -0.15) is 5.26 Å². The number of hydrogen-bond donors (Lipinski definition) is 0. The number of aromatic nitrogens is 1. The summed E-state index contributed by atoms with van der Waals surface area (Å²) < 4.78 is 11.6. The van der Waals surface area contributed by atoms with Crippen LogP contribution >= 0.6 is 0 Å². The molecule has 2 aliphatic heterocycles. The highest BCUT2D eigenvalue weighted by Gasteiger charge is 2.49. The number of hydrogen-bond acceptors (Lipinski definition) is 5. The molecule has 1 aliphatic carbocycles. The normalized spacial score (nSPS) is 33.0. The summed E-state index contributed by atoms with van der Waals surface area (Å²) >= 11 is 0. The molecule has 132 valence electrons. The molecule has 1 amide bonds. The van der Waals surface area contributed by atoms with Crippen LogP contribution in [0.3, 0.4) is 0 Å². The predicted molar refractivity (Wildman–Crippen MR) is 89.6 cm³/mol. The molecule has 3 fully saturated rings. The van der Waals surface area contributed by atoms with Gasteiger partial charge in [-0.1, -0.05) is 6.92 Å². The molecule has 6 nitrogen and oxygen atoms in total. The van der Waals surface area contributed by atoms with Crippen molar-refractivity contribution in [2.75, 3.05) is 26.3 Å². The van der Waals surface area contributed by atoms with E-state index < -0.39 is 0 Å². The number of pyridine rings is 1. The summed E-state index contributed by atoms with van der Waals surface area (Å²) in [6.45, 7) is 5.05. The van der Waals surface area contributed by atoms with E-state index in [4.69, 9.17) is 14.7 Å². The molecule has 1 aromatic rings. The highest BCUT2D eigenvalue weighted by molar-refractivity contribution is 5.82. The number of amides is 1. The largest absolute Gasteiger partial charge is 0.478 e. The first kappa shape index (κ1) is 16.3. The van der Waals surface area contributed by atoms with E-state index in [9.17, 15) is 4.79 Å². The average molecular weight is 341 g/mol. The van der Waals surface area contributed by atoms with Gasteiger partial charge in [0.25, 0.3) is 0 Å². The number of carbonyl (C=O) groups is 1. The summed E-state index contributed by atoms with van der Waals surface area (Å²) in [6.07, 6.45) is 3.64. The Balaban J connectivity index is 1.26. The maximum Gasteiger partial charge on any atom is 0.226 e. The molecule has 0 N–H and O–H groups in total. The number of fused-ring (bicyclic) bond motifs is 1. The van der Waals surface area contributed by atoms with E-state index in [1.54, 1.807) is 12.1 Å². The maximum atomic E-state index is 12.4. The van der Waals surface area contributed by atoms with E-state index in [1.807, 2.05) is 11.0 Å². The zero-order valence-corrected chi connectivity index (χ0v) is 14.4. The topological polar surface area (TPSA) is 75.5 Å². The minimum Gasteiger partial charge on any atom is -0.478 e. The fraction of sp³-hybridized carbons (Fsp3) is 0.632. The van der Waals surface area contributed by atoms with Gasteiger partial charge in [0.15, 0.2) is 0 Å². The standard InChI is InChI=1S/C19H23N3O3/c1-12-6-15(12)19(23)22-9-16-14(11-25-17(16)10-22)4-5-24-18-3-2-13(7-20)8-21-18/h2-3,8,12,14-17H,4-6,9-11H2,1H3/t12-,14-,15-,16-,17-/m0/s1. The van der Waals surface area contributed by atoms with Crippen LogP contribution in [0, 0.1) is 35.0 Å². The molecule has 25 heavy (non-hydrogen) atoms. The number of carbonyl (C=O) groups excluding carboxylic acids is 1. The lowest BCUT2D eigenvalue weighted by molar-refractivity contribution is -0.132. The van der Waals surface area contributed by atoms with Crippen molar-refractivity contribution in [3.8, 4) is 11.9 Å². The molecule has 0 unspecified atom stereocenters. The van der Waals surface area contributed by atoms with E-state index in [0.29, 0.717) is 41.7 Å². The molecular weight excluding hydrogens is 318 g/mol. The van der Waals surface area contributed by atoms with E-state index >= 15 is 0 Å². The van der Waals surface area contributed by atoms with Crippen LogP contribution in [0.25, 0.3) is 0 Å². The maximum absolute atomic E-state index is 12.4. The molecule has 4 rings (SSSR count). The Morgan fingerprint density at radius 2 is 2.32 bits per heavy atom. The fourth-order valence-electron chi connectivity index (χ4n) is 4.02. The van der Waals surface area contributed by atoms with Gasteiger partial charge in [-0.05, 0) is 30.7 Å². The minimum absolute atomic E-state index is 0.191. The number of rotatable bonds is 5. The molecule has 1 saturated carbocycles. The van der Waals surface area contributed by atoms with Gasteiger partial charge >= 0.3 is 0 Å². The van der Waals surface area contributed by atoms with E-state index in [0.717, 1.165) is 32.5 Å². The van der Waals surface area contributed by atoms with Crippen molar-refractivity contribution in [1.82, 2.24) is 9.88 Å². The molecule has 0 bridgehead atoms. The van der Waals surface area contributed by atoms with Gasteiger partial charge in [-0.15, -0.1) is 0 Å². The Kier molecular flexibility index (Phi) is 4.34. The Bertz CT molecular complexity index is 684. The second-order valence-corrected chi connectivity index (χ2v) is 7.49. The van der Waals surface area contributed by atoms with Crippen LogP contribution in [0.1, 0.15) is 25.3 Å². The molecule has 1 aromatic heterocycles. The number of ether oxygens (including phenoxy) is 2. The van der Waals surface area contributed by atoms with Crippen molar-refractivity contribution in [2.45, 2.75) is 25.9 Å². The van der Waals surface area contributed by atoms with Crippen LogP contribution in [0.2, 0.25) is 0 Å². The molecule has 0 spiro atoms. The van der Waals surface area contributed by atoms with E-state index in [2.05, 4.69) is 11.9 Å². The molecule has 0 radical (unpaired) electrons. The van der Waals surface area contributed by atoms with Crippen LogP contribution in [0.4, 0.5) is 0 Å². The zero-order valence-electron chi connectivity index (χ0n) is 14.4. The molecule has 2 saturated heterocycles. The highest BCUT2D eigenvalue weighted by Crippen LogP contribution is 2.42. The third-order valence-electron chi connectivity index (χ3n) is 5.78. The number of likely N-dealkylation sites (tertiary alicyclic amines) is 1. The van der Waals surface area contributed by atoms with Crippen molar-refractivity contribution in [2.24, 2.45) is 23.7 Å². The van der Waals surface area contributed by atoms with Gasteiger partial charge in [-0.25, -0.2) is 4.98 Å². The Morgan fingerprint density at radius 3 is 3.00 bits per heavy atom. The van der Waals surface area contributed by atoms with Gasteiger partial charge in [0.1, 0.15) is 6.07 Å². The Labute approximate surface area is 147 Å². The third-order valence-corrected chi connectivity index (χ3v) is 5.78. The van der Waals surface area contributed by atoms with E-state index in [1.165, 1.54) is 6.20 Å². The number of nitriles is 1. The zero-order chi connectivity index (χ0) is 17.4. The summed E-state index contributed by atoms with van der Waals surface area (Å²) in [5.74, 6) is 2.53. The molecular formula is C19H23N3O3. The first-order chi connectivity index (χ1) is 12.2. The number of nitrogens with zero attached hydrogens (tertiary/aromatic N) is 3. The summed E-state index contributed by atoms with van der Waals surface area (Å²) in [5, 5.41) is 8.78. The van der Waals surface area contributed by atoms with Gasteiger partial charge in [-0.3, -0.25) is 4.79 Å². The first-order valence-corrected chi connectivity index (χ1v) is 9.05. The van der Waals surface area contributed by atoms with Gasteiger partial charge in [0.2, 0.25) is 11.8 Å². The van der Waals surface area contributed by atoms with Crippen molar-refractivity contribution in [3.05, 3.63) is 23.9 Å². The lowest BCUT2D eigenvalue weighted by Gasteiger charge is -2.20. The third kappa shape index (κ3) is 3.34. The van der Waals surface area contributed by atoms with Crippen LogP contribution in [-0.4, -0.2) is 48.2 Å². The lowest BCUT2D eigenvalue weighted by atomic mass is 9.91. The van der Waals surface area contributed by atoms with Gasteiger partial charge < -0.3 is 14.4 Å². The van der Waals surface area contributed by atoms with Crippen molar-refractivity contribution >= 4 is 5.91 Å². The van der Waals surface area contributed by atoms with Crippen LogP contribution in [0.15, 0.2) is 18.3 Å². The first-order valence-electron chi connectivity index (χ1n) is 9.05. The van der Waals surface area contributed by atoms with Gasteiger partial charge in [0, 0.05) is 37.2 Å². The Hall–Kier alpha value is -2.13. The SMILES string of the molecule is C[C@H]1C[C@@H]1C(=O)N1C[C@H]2[C@@H](CCOc3ccc(C#N)cn3)CO[C@H]2C1. The van der Waals surface area contributed by atoms with Crippen LogP contribution in [0.5, 0.6) is 5.88 Å². The quantitative estimate of drug-likeness (QED) is 0.817. The molecule has 6 heteroatoms. The van der Waals surface area contributed by atoms with Crippen LogP contribution < -0.4 is 4.74 Å². The fourth-order valence-corrected chi connectivity index (χ4v) is 4.02. The van der Waals surface area contributed by atoms with E-state index in [-0.39, 0.29) is 12.0 Å². The van der Waals surface area contributed by atoms with Crippen molar-refractivity contribution in [1.29, 1.82) is 5.26 Å². The average Bonchev–Trinajstić information content (AvgIpc) is 3.04. The smallest absolute Gasteiger partial charge is 0.226 e. The molecule has 5 atom stereocenters.